The number of hydrogen-bond acceptors (Lipinski definition) is 7. The molecule has 0 radical (unpaired) electrons. The summed E-state index contributed by atoms with van der Waals surface area (Å²) in [7, 11) is 0. The minimum atomic E-state index is -1.18. The molecule has 11 heteroatoms. The van der Waals surface area contributed by atoms with Gasteiger partial charge in [-0.25, -0.2) is 14.2 Å². The topological polar surface area (TPSA) is 132 Å². The molecule has 0 spiro atoms. The molecule has 10 nitrogen and oxygen atoms in total. The molecule has 4 aromatic rings. The number of aromatic nitrogens is 4. The van der Waals surface area contributed by atoms with Gasteiger partial charge in [0.15, 0.2) is 5.69 Å². The molecule has 2 N–H and O–H groups in total. The molecule has 1 aliphatic carbocycles. The molecule has 1 fully saturated rings. The molecule has 2 aromatic carbocycles. The number of carboxylic acid groups (broad SMARTS) is 1. The number of nitrogens with zero attached hydrogens (tertiary/aromatic N) is 4. The first-order chi connectivity index (χ1) is 18.9. The average Bonchev–Trinajstić information content (AvgIpc) is 3.27. The Bertz CT molecular complexity index is 1560. The summed E-state index contributed by atoms with van der Waals surface area (Å²) in [5.74, 6) is 0.411. The fraction of sp³-hybridized carbons (Fsp3) is 0.321. The lowest BCUT2D eigenvalue weighted by Gasteiger charge is -2.36. The average molecular weight is 532 g/mol. The van der Waals surface area contributed by atoms with Gasteiger partial charge in [-0.1, -0.05) is 42.5 Å². The van der Waals surface area contributed by atoms with Crippen molar-refractivity contribution in [3.05, 3.63) is 93.6 Å². The highest BCUT2D eigenvalue weighted by Crippen LogP contribution is 2.43. The van der Waals surface area contributed by atoms with Crippen LogP contribution < -0.4 is 15.6 Å². The molecule has 1 amide bonds. The Morgan fingerprint density at radius 2 is 1.85 bits per heavy atom. The summed E-state index contributed by atoms with van der Waals surface area (Å²) in [4.78, 5) is 30.6. The van der Waals surface area contributed by atoms with Crippen molar-refractivity contribution in [2.75, 3.05) is 0 Å². The van der Waals surface area contributed by atoms with Gasteiger partial charge in [0.05, 0.1) is 6.42 Å². The van der Waals surface area contributed by atoms with Crippen molar-refractivity contribution < 1.29 is 23.4 Å². The third-order valence-electron chi connectivity index (χ3n) is 7.47. The molecule has 7 rings (SSSR count). The maximum Gasteiger partial charge on any atom is 0.405 e. The summed E-state index contributed by atoms with van der Waals surface area (Å²) in [6, 6.07) is 15.3. The molecule has 1 saturated carbocycles. The molecule has 200 valence electrons. The van der Waals surface area contributed by atoms with Crippen molar-refractivity contribution in [2.24, 2.45) is 5.92 Å². The second-order valence-corrected chi connectivity index (χ2v) is 10.1. The summed E-state index contributed by atoms with van der Waals surface area (Å²) in [6.07, 6.45) is 1.66. The van der Waals surface area contributed by atoms with Crippen LogP contribution >= 0.6 is 0 Å². The van der Waals surface area contributed by atoms with Crippen molar-refractivity contribution in [2.45, 2.75) is 50.8 Å². The van der Waals surface area contributed by atoms with Gasteiger partial charge >= 0.3 is 6.09 Å². The van der Waals surface area contributed by atoms with Gasteiger partial charge in [-0.3, -0.25) is 9.36 Å². The lowest BCUT2D eigenvalue weighted by atomic mass is 9.77. The van der Waals surface area contributed by atoms with Gasteiger partial charge in [-0.2, -0.15) is 0 Å². The Morgan fingerprint density at radius 3 is 2.56 bits per heavy atom. The smallest absolute Gasteiger partial charge is 0.405 e. The van der Waals surface area contributed by atoms with Crippen LogP contribution in [-0.4, -0.2) is 30.9 Å². The molecule has 3 aliphatic rings. The highest BCUT2D eigenvalue weighted by molar-refractivity contribution is 5.66. The Morgan fingerprint density at radius 1 is 1.10 bits per heavy atom. The van der Waals surface area contributed by atoms with E-state index < -0.39 is 17.2 Å². The largest absolute Gasteiger partial charge is 0.481 e. The van der Waals surface area contributed by atoms with Gasteiger partial charge in [0, 0.05) is 6.54 Å². The van der Waals surface area contributed by atoms with Crippen molar-refractivity contribution >= 4 is 6.09 Å². The van der Waals surface area contributed by atoms with E-state index in [2.05, 4.69) is 15.5 Å². The third-order valence-corrected chi connectivity index (χ3v) is 7.47. The predicted octanol–water partition coefficient (Wildman–Crippen LogP) is 4.27. The Hall–Kier alpha value is -4.54. The van der Waals surface area contributed by atoms with Crippen molar-refractivity contribution in [3.8, 4) is 17.3 Å². The maximum atomic E-state index is 14.0. The van der Waals surface area contributed by atoms with E-state index in [1.807, 2.05) is 30.3 Å². The first kappa shape index (κ1) is 24.8. The Balaban J connectivity index is 1.45. The van der Waals surface area contributed by atoms with Gasteiger partial charge in [-0.15, -0.1) is 10.2 Å². The van der Waals surface area contributed by atoms with Crippen molar-refractivity contribution in [3.63, 3.8) is 0 Å². The zero-order chi connectivity index (χ0) is 27.0. The standard InChI is InChI=1S/C28H26FN5O5/c29-20-8-6-17(7-9-20)14-21-32-33-24(39-21)22-23(38-16-19-4-2-1-3-5-19)25(35)34-15-18-10-12-28(13-11-18,26(34)30-22)31-27(36)37/h1-9,18,31H,10-16H2,(H,36,37). The number of ether oxygens (including phenoxy) is 1. The zero-order valence-corrected chi connectivity index (χ0v) is 21.0. The predicted molar refractivity (Wildman–Crippen MR) is 137 cm³/mol. The number of carbonyl (C=O) groups is 1. The molecule has 0 saturated heterocycles. The number of benzene rings is 2. The molecular formula is C28H26FN5O5. The second-order valence-electron chi connectivity index (χ2n) is 10.1. The minimum Gasteiger partial charge on any atom is -0.481 e. The maximum absolute atomic E-state index is 14.0. The molecule has 0 unspecified atom stereocenters. The minimum absolute atomic E-state index is 0.0139. The highest BCUT2D eigenvalue weighted by Gasteiger charge is 2.46. The van der Waals surface area contributed by atoms with Crippen LogP contribution in [0.4, 0.5) is 9.18 Å². The van der Waals surface area contributed by atoms with Crippen molar-refractivity contribution in [1.29, 1.82) is 0 Å². The van der Waals surface area contributed by atoms with Crippen LogP contribution in [0.2, 0.25) is 0 Å². The summed E-state index contributed by atoms with van der Waals surface area (Å²) in [5, 5.41) is 20.6. The first-order valence-corrected chi connectivity index (χ1v) is 12.8. The van der Waals surface area contributed by atoms with E-state index in [9.17, 15) is 19.1 Å². The van der Waals surface area contributed by atoms with Crippen LogP contribution in [-0.2, 0) is 25.1 Å². The van der Waals surface area contributed by atoms with Gasteiger partial charge in [0.2, 0.25) is 11.6 Å². The SMILES string of the molecule is O=C(O)NC12CCC(CC1)Cn1c2nc(-c2nnc(Cc3ccc(F)cc3)o2)c(OCc2ccccc2)c1=O. The first-order valence-electron chi connectivity index (χ1n) is 12.8. The third kappa shape index (κ3) is 4.87. The highest BCUT2D eigenvalue weighted by atomic mass is 19.1. The molecule has 2 aromatic heterocycles. The van der Waals surface area contributed by atoms with E-state index in [0.29, 0.717) is 25.2 Å². The monoisotopic (exact) mass is 531 g/mol. The lowest BCUT2D eigenvalue weighted by Crippen LogP contribution is -2.49. The van der Waals surface area contributed by atoms with Crippen molar-refractivity contribution in [1.82, 2.24) is 25.1 Å². The summed E-state index contributed by atoms with van der Waals surface area (Å²) in [6.45, 7) is 0.536. The van der Waals surface area contributed by atoms with Crippen LogP contribution in [0.5, 0.6) is 5.75 Å². The quantitative estimate of drug-likeness (QED) is 0.361. The Kier molecular flexibility index (Phi) is 6.34. The number of halogens is 1. The van der Waals surface area contributed by atoms with E-state index in [4.69, 9.17) is 14.1 Å². The summed E-state index contributed by atoms with van der Waals surface area (Å²) >= 11 is 0. The zero-order valence-electron chi connectivity index (χ0n) is 21.0. The number of rotatable bonds is 7. The fourth-order valence-corrected chi connectivity index (χ4v) is 5.49. The summed E-state index contributed by atoms with van der Waals surface area (Å²) < 4.78 is 26.8. The molecule has 0 atom stereocenters. The van der Waals surface area contributed by atoms with E-state index in [1.54, 1.807) is 16.7 Å². The normalized spacial score (nSPS) is 19.8. The van der Waals surface area contributed by atoms with Crippen LogP contribution in [0, 0.1) is 11.7 Å². The molecule has 2 bridgehead atoms. The Labute approximate surface area is 222 Å². The van der Waals surface area contributed by atoms with Gasteiger partial charge in [-0.05, 0) is 54.9 Å². The second kappa shape index (κ2) is 9.97. The molecule has 4 heterocycles. The number of hydrogen-bond donors (Lipinski definition) is 2. The van der Waals surface area contributed by atoms with Crippen LogP contribution in [0.3, 0.4) is 0 Å². The van der Waals surface area contributed by atoms with Gasteiger partial charge < -0.3 is 19.6 Å². The lowest BCUT2D eigenvalue weighted by molar-refractivity contribution is 0.153. The van der Waals surface area contributed by atoms with Gasteiger partial charge in [0.1, 0.15) is 23.8 Å². The van der Waals surface area contributed by atoms with E-state index in [-0.39, 0.29) is 48.0 Å². The van der Waals surface area contributed by atoms with E-state index in [0.717, 1.165) is 24.0 Å². The molecule has 39 heavy (non-hydrogen) atoms. The number of fused-ring (bicyclic) bond motifs is 2. The number of nitrogens with one attached hydrogen (secondary N) is 1. The fourth-order valence-electron chi connectivity index (χ4n) is 5.49. The van der Waals surface area contributed by atoms with E-state index in [1.165, 1.54) is 12.1 Å². The van der Waals surface area contributed by atoms with Crippen LogP contribution in [0.25, 0.3) is 11.6 Å². The number of amides is 1. The van der Waals surface area contributed by atoms with Crippen LogP contribution in [0.15, 0.2) is 63.8 Å². The van der Waals surface area contributed by atoms with Crippen LogP contribution in [0.1, 0.15) is 48.5 Å². The molecule has 2 aliphatic heterocycles. The molecular weight excluding hydrogens is 505 g/mol. The van der Waals surface area contributed by atoms with Gasteiger partial charge in [0.25, 0.3) is 11.4 Å². The van der Waals surface area contributed by atoms with E-state index >= 15 is 0 Å². The summed E-state index contributed by atoms with van der Waals surface area (Å²) in [5.41, 5.74) is 0.256.